The summed E-state index contributed by atoms with van der Waals surface area (Å²) in [6, 6.07) is 0.208. The number of rotatable bonds is 4. The molecule has 98 valence electrons. The third-order valence-electron chi connectivity index (χ3n) is 3.26. The van der Waals surface area contributed by atoms with Crippen molar-refractivity contribution in [2.45, 2.75) is 44.6 Å². The largest absolute Gasteiger partial charge is 0.396 e. The molecule has 0 atom stereocenters. The average molecular weight is 242 g/mol. The molecule has 0 heterocycles. The minimum absolute atomic E-state index is 0.0208. The summed E-state index contributed by atoms with van der Waals surface area (Å²) in [7, 11) is 1.70. The van der Waals surface area contributed by atoms with Gasteiger partial charge in [0.25, 0.3) is 0 Å². The number of aliphatic hydroxyl groups is 1. The Morgan fingerprint density at radius 2 is 1.94 bits per heavy atom. The van der Waals surface area contributed by atoms with Crippen LogP contribution in [0.2, 0.25) is 0 Å². The van der Waals surface area contributed by atoms with Crippen molar-refractivity contribution in [1.82, 2.24) is 10.2 Å². The Kier molecular flexibility index (Phi) is 5.97. The van der Waals surface area contributed by atoms with Crippen molar-refractivity contribution in [3.8, 4) is 0 Å². The first-order valence-electron chi connectivity index (χ1n) is 6.32. The summed E-state index contributed by atoms with van der Waals surface area (Å²) >= 11 is 0. The molecular weight excluding hydrogens is 220 g/mol. The van der Waals surface area contributed by atoms with Gasteiger partial charge in [0.2, 0.25) is 0 Å². The fourth-order valence-corrected chi connectivity index (χ4v) is 2.15. The molecule has 0 aliphatic heterocycles. The number of aliphatic hydroxyl groups excluding tert-OH is 1. The first-order valence-corrected chi connectivity index (χ1v) is 6.32. The first kappa shape index (κ1) is 14.0. The Morgan fingerprint density at radius 3 is 2.53 bits per heavy atom. The predicted octanol–water partition coefficient (Wildman–Crippen LogP) is 0.276. The third-order valence-corrected chi connectivity index (χ3v) is 3.26. The molecule has 0 unspecified atom stereocenters. The van der Waals surface area contributed by atoms with E-state index in [1.165, 1.54) is 6.42 Å². The van der Waals surface area contributed by atoms with Crippen molar-refractivity contribution in [3.05, 3.63) is 0 Å². The van der Waals surface area contributed by atoms with Crippen molar-refractivity contribution >= 4 is 11.8 Å². The normalized spacial score (nSPS) is 16.6. The molecule has 0 bridgehead atoms. The molecule has 5 nitrogen and oxygen atoms in total. The Labute approximate surface area is 102 Å². The fourth-order valence-electron chi connectivity index (χ4n) is 2.15. The van der Waals surface area contributed by atoms with Crippen molar-refractivity contribution in [3.63, 3.8) is 0 Å². The van der Waals surface area contributed by atoms with Crippen LogP contribution in [0, 0.1) is 0 Å². The number of hydrogen-bond donors (Lipinski definition) is 2. The number of nitrogens with zero attached hydrogens (tertiary/aromatic N) is 1. The van der Waals surface area contributed by atoms with Crippen molar-refractivity contribution in [2.24, 2.45) is 0 Å². The van der Waals surface area contributed by atoms with Gasteiger partial charge in [0.1, 0.15) is 0 Å². The summed E-state index contributed by atoms with van der Waals surface area (Å²) in [5.41, 5.74) is 0. The van der Waals surface area contributed by atoms with E-state index in [4.69, 9.17) is 5.11 Å². The highest BCUT2D eigenvalue weighted by atomic mass is 16.3. The molecule has 1 aliphatic carbocycles. The lowest BCUT2D eigenvalue weighted by atomic mass is 9.94. The fraction of sp³-hybridized carbons (Fsp3) is 0.833. The molecular formula is C12H22N2O3. The SMILES string of the molecule is CN(C(=O)C(=O)NCCCO)C1CCCCC1. The van der Waals surface area contributed by atoms with Gasteiger partial charge >= 0.3 is 11.8 Å². The summed E-state index contributed by atoms with van der Waals surface area (Å²) in [4.78, 5) is 24.9. The van der Waals surface area contributed by atoms with Crippen molar-refractivity contribution < 1.29 is 14.7 Å². The minimum atomic E-state index is -0.563. The van der Waals surface area contributed by atoms with E-state index in [2.05, 4.69) is 5.32 Å². The lowest BCUT2D eigenvalue weighted by Gasteiger charge is -2.30. The van der Waals surface area contributed by atoms with E-state index in [1.54, 1.807) is 11.9 Å². The molecule has 1 fully saturated rings. The lowest BCUT2D eigenvalue weighted by molar-refractivity contribution is -0.146. The predicted molar refractivity (Wildman–Crippen MR) is 64.4 cm³/mol. The first-order chi connectivity index (χ1) is 8.16. The highest BCUT2D eigenvalue weighted by Gasteiger charge is 2.26. The number of nitrogens with one attached hydrogen (secondary N) is 1. The van der Waals surface area contributed by atoms with Crippen molar-refractivity contribution in [1.29, 1.82) is 0 Å². The summed E-state index contributed by atoms with van der Waals surface area (Å²) in [5.74, 6) is -1.03. The van der Waals surface area contributed by atoms with Gasteiger partial charge < -0.3 is 15.3 Å². The molecule has 0 aromatic rings. The van der Waals surface area contributed by atoms with Crippen LogP contribution >= 0.6 is 0 Å². The number of hydrogen-bond acceptors (Lipinski definition) is 3. The number of amides is 2. The van der Waals surface area contributed by atoms with Crippen LogP contribution < -0.4 is 5.32 Å². The monoisotopic (exact) mass is 242 g/mol. The standard InChI is InChI=1S/C12H22N2O3/c1-14(10-6-3-2-4-7-10)12(17)11(16)13-8-5-9-15/h10,15H,2-9H2,1H3,(H,13,16). The lowest BCUT2D eigenvalue weighted by Crippen LogP contribution is -2.46. The molecule has 1 saturated carbocycles. The maximum atomic E-state index is 11.8. The molecule has 0 saturated heterocycles. The van der Waals surface area contributed by atoms with Gasteiger partial charge in [-0.3, -0.25) is 9.59 Å². The van der Waals surface area contributed by atoms with E-state index < -0.39 is 11.8 Å². The van der Waals surface area contributed by atoms with Gasteiger partial charge in [-0.25, -0.2) is 0 Å². The van der Waals surface area contributed by atoms with Gasteiger partial charge in [-0.05, 0) is 19.3 Å². The van der Waals surface area contributed by atoms with Crippen LogP contribution in [0.25, 0.3) is 0 Å². The zero-order chi connectivity index (χ0) is 12.7. The van der Waals surface area contributed by atoms with Gasteiger partial charge in [0, 0.05) is 26.2 Å². The van der Waals surface area contributed by atoms with Crippen LogP contribution in [0.3, 0.4) is 0 Å². The topological polar surface area (TPSA) is 69.6 Å². The van der Waals surface area contributed by atoms with E-state index in [0.717, 1.165) is 25.7 Å². The van der Waals surface area contributed by atoms with Gasteiger partial charge in [-0.15, -0.1) is 0 Å². The Balaban J connectivity index is 2.36. The molecule has 17 heavy (non-hydrogen) atoms. The smallest absolute Gasteiger partial charge is 0.311 e. The van der Waals surface area contributed by atoms with Crippen molar-refractivity contribution in [2.75, 3.05) is 20.2 Å². The van der Waals surface area contributed by atoms with Crippen LogP contribution in [-0.4, -0.2) is 48.1 Å². The number of likely N-dealkylation sites (N-methyl/N-ethyl adjacent to an activating group) is 1. The molecule has 1 aliphatic rings. The second-order valence-corrected chi connectivity index (χ2v) is 4.54. The number of carbonyl (C=O) groups is 2. The van der Waals surface area contributed by atoms with E-state index in [0.29, 0.717) is 13.0 Å². The Morgan fingerprint density at radius 1 is 1.29 bits per heavy atom. The molecule has 1 rings (SSSR count). The molecule has 2 amide bonds. The zero-order valence-electron chi connectivity index (χ0n) is 10.4. The molecule has 0 radical (unpaired) electrons. The molecule has 0 aromatic carbocycles. The summed E-state index contributed by atoms with van der Waals surface area (Å²) in [6.45, 7) is 0.368. The van der Waals surface area contributed by atoms with E-state index in [-0.39, 0.29) is 12.6 Å². The molecule has 5 heteroatoms. The van der Waals surface area contributed by atoms with E-state index >= 15 is 0 Å². The molecule has 0 spiro atoms. The van der Waals surface area contributed by atoms with Crippen LogP contribution in [0.5, 0.6) is 0 Å². The molecule has 2 N–H and O–H groups in total. The number of carbonyl (C=O) groups excluding carboxylic acids is 2. The van der Waals surface area contributed by atoms with Gasteiger partial charge in [-0.2, -0.15) is 0 Å². The van der Waals surface area contributed by atoms with Gasteiger partial charge in [0.15, 0.2) is 0 Å². The zero-order valence-corrected chi connectivity index (χ0v) is 10.4. The highest BCUT2D eigenvalue weighted by molar-refractivity contribution is 6.35. The maximum absolute atomic E-state index is 11.8. The quantitative estimate of drug-likeness (QED) is 0.549. The van der Waals surface area contributed by atoms with Crippen LogP contribution in [0.4, 0.5) is 0 Å². The summed E-state index contributed by atoms with van der Waals surface area (Å²) in [5, 5.41) is 11.1. The van der Waals surface area contributed by atoms with Crippen LogP contribution in [0.15, 0.2) is 0 Å². The Hall–Kier alpha value is -1.10. The van der Waals surface area contributed by atoms with E-state index in [1.807, 2.05) is 0 Å². The average Bonchev–Trinajstić information content (AvgIpc) is 2.38. The highest BCUT2D eigenvalue weighted by Crippen LogP contribution is 2.21. The van der Waals surface area contributed by atoms with E-state index in [9.17, 15) is 9.59 Å². The van der Waals surface area contributed by atoms with Crippen LogP contribution in [0.1, 0.15) is 38.5 Å². The van der Waals surface area contributed by atoms with Crippen LogP contribution in [-0.2, 0) is 9.59 Å². The second-order valence-electron chi connectivity index (χ2n) is 4.54. The molecule has 0 aromatic heterocycles. The van der Waals surface area contributed by atoms with Gasteiger partial charge in [0.05, 0.1) is 0 Å². The Bertz CT molecular complexity index is 262. The summed E-state index contributed by atoms with van der Waals surface area (Å²) < 4.78 is 0. The minimum Gasteiger partial charge on any atom is -0.396 e. The van der Waals surface area contributed by atoms with Gasteiger partial charge in [-0.1, -0.05) is 19.3 Å². The third kappa shape index (κ3) is 4.34. The summed E-state index contributed by atoms with van der Waals surface area (Å²) in [6.07, 6.45) is 5.95. The maximum Gasteiger partial charge on any atom is 0.311 e. The second kappa shape index (κ2) is 7.27.